The highest BCUT2D eigenvalue weighted by molar-refractivity contribution is 6.29. The van der Waals surface area contributed by atoms with Crippen molar-refractivity contribution in [1.29, 1.82) is 0 Å². The lowest BCUT2D eigenvalue weighted by Gasteiger charge is -2.08. The number of rotatable bonds is 2. The third kappa shape index (κ3) is 3.54. The van der Waals surface area contributed by atoms with E-state index in [4.69, 9.17) is 16.3 Å². The van der Waals surface area contributed by atoms with Crippen molar-refractivity contribution < 1.29 is 22.3 Å². The molecule has 0 unspecified atom stereocenters. The van der Waals surface area contributed by atoms with Gasteiger partial charge in [0.25, 0.3) is 0 Å². The van der Waals surface area contributed by atoms with Crippen molar-refractivity contribution in [2.75, 3.05) is 0 Å². The lowest BCUT2D eigenvalue weighted by atomic mass is 10.3. The summed E-state index contributed by atoms with van der Waals surface area (Å²) in [7, 11) is 0. The minimum absolute atomic E-state index is 0.129. The van der Waals surface area contributed by atoms with E-state index in [1.165, 1.54) is 12.1 Å². The zero-order chi connectivity index (χ0) is 14.0. The van der Waals surface area contributed by atoms with Crippen molar-refractivity contribution in [3.05, 3.63) is 47.1 Å². The van der Waals surface area contributed by atoms with Gasteiger partial charge in [0.05, 0.1) is 0 Å². The van der Waals surface area contributed by atoms with Gasteiger partial charge in [-0.1, -0.05) is 11.6 Å². The molecule has 2 rings (SSSR count). The van der Waals surface area contributed by atoms with E-state index in [-0.39, 0.29) is 11.6 Å². The second-order valence-electron chi connectivity index (χ2n) is 3.41. The van der Waals surface area contributed by atoms with Crippen molar-refractivity contribution in [2.24, 2.45) is 0 Å². The highest BCUT2D eigenvalue weighted by Crippen LogP contribution is 2.30. The first-order valence-corrected chi connectivity index (χ1v) is 5.27. The summed E-state index contributed by atoms with van der Waals surface area (Å²) in [5, 5.41) is -0.403. The summed E-state index contributed by atoms with van der Waals surface area (Å²) in [4.78, 5) is 6.24. The van der Waals surface area contributed by atoms with E-state index in [2.05, 4.69) is 9.97 Å². The number of nitrogens with zero attached hydrogens (tertiary/aromatic N) is 2. The molecule has 0 spiro atoms. The number of ether oxygens (including phenoxy) is 1. The van der Waals surface area contributed by atoms with Gasteiger partial charge < -0.3 is 4.74 Å². The van der Waals surface area contributed by atoms with Crippen LogP contribution in [0.2, 0.25) is 5.15 Å². The van der Waals surface area contributed by atoms with Crippen LogP contribution in [0.3, 0.4) is 0 Å². The summed E-state index contributed by atoms with van der Waals surface area (Å²) in [5.41, 5.74) is 0. The molecule has 0 aliphatic rings. The highest BCUT2D eigenvalue weighted by Gasteiger charge is 2.35. The smallest absolute Gasteiger partial charge is 0.439 e. The molecule has 0 N–H and O–H groups in total. The molecule has 0 saturated heterocycles. The Balaban J connectivity index is 2.30. The molecule has 0 amide bonds. The average molecular weight is 293 g/mol. The van der Waals surface area contributed by atoms with Crippen LogP contribution in [0.4, 0.5) is 17.6 Å². The molecule has 0 aliphatic heterocycles. The molecule has 19 heavy (non-hydrogen) atoms. The van der Waals surface area contributed by atoms with Crippen molar-refractivity contribution in [3.63, 3.8) is 0 Å². The van der Waals surface area contributed by atoms with Gasteiger partial charge >= 0.3 is 6.18 Å². The predicted molar refractivity (Wildman–Crippen MR) is 58.5 cm³/mol. The monoisotopic (exact) mass is 292 g/mol. The molecule has 0 radical (unpaired) electrons. The van der Waals surface area contributed by atoms with Crippen molar-refractivity contribution in [3.8, 4) is 11.6 Å². The van der Waals surface area contributed by atoms with Crippen LogP contribution in [-0.2, 0) is 6.18 Å². The summed E-state index contributed by atoms with van der Waals surface area (Å²) in [5.74, 6) is -2.15. The van der Waals surface area contributed by atoms with Crippen molar-refractivity contribution in [2.45, 2.75) is 6.18 Å². The lowest BCUT2D eigenvalue weighted by Crippen LogP contribution is -2.11. The molecule has 0 bridgehead atoms. The molecule has 0 aliphatic carbocycles. The minimum atomic E-state index is -4.73. The van der Waals surface area contributed by atoms with Crippen LogP contribution < -0.4 is 4.74 Å². The van der Waals surface area contributed by atoms with E-state index in [1.54, 1.807) is 0 Å². The maximum Gasteiger partial charge on any atom is 0.451 e. The fourth-order valence-electron chi connectivity index (χ4n) is 1.20. The van der Waals surface area contributed by atoms with Gasteiger partial charge in [0, 0.05) is 6.07 Å². The Morgan fingerprint density at radius 1 is 1.05 bits per heavy atom. The summed E-state index contributed by atoms with van der Waals surface area (Å²) < 4.78 is 55.1. The van der Waals surface area contributed by atoms with Gasteiger partial charge in [-0.05, 0) is 24.3 Å². The van der Waals surface area contributed by atoms with Gasteiger partial charge in [-0.3, -0.25) is 0 Å². The molecule has 100 valence electrons. The highest BCUT2D eigenvalue weighted by atomic mass is 35.5. The topological polar surface area (TPSA) is 35.0 Å². The van der Waals surface area contributed by atoms with E-state index in [1.807, 2.05) is 0 Å². The Hall–Kier alpha value is -1.89. The number of benzene rings is 1. The Morgan fingerprint density at radius 2 is 1.68 bits per heavy atom. The Morgan fingerprint density at radius 3 is 2.26 bits per heavy atom. The first-order chi connectivity index (χ1) is 8.84. The number of hydrogen-bond donors (Lipinski definition) is 0. The summed E-state index contributed by atoms with van der Waals surface area (Å²) in [6.07, 6.45) is -4.73. The third-order valence-corrected chi connectivity index (χ3v) is 2.15. The van der Waals surface area contributed by atoms with Gasteiger partial charge in [-0.25, -0.2) is 9.37 Å². The first-order valence-electron chi connectivity index (χ1n) is 4.90. The number of hydrogen-bond acceptors (Lipinski definition) is 3. The number of alkyl halides is 3. The van der Waals surface area contributed by atoms with Gasteiger partial charge in [0.2, 0.25) is 11.7 Å². The van der Waals surface area contributed by atoms with Crippen molar-refractivity contribution >= 4 is 11.6 Å². The lowest BCUT2D eigenvalue weighted by molar-refractivity contribution is -0.145. The van der Waals surface area contributed by atoms with E-state index in [0.29, 0.717) is 0 Å². The summed E-state index contributed by atoms with van der Waals surface area (Å²) in [6, 6.07) is 5.73. The normalized spacial score (nSPS) is 11.4. The maximum atomic E-state index is 12.7. The Kier molecular flexibility index (Phi) is 3.57. The van der Waals surface area contributed by atoms with E-state index >= 15 is 0 Å². The third-order valence-electron chi connectivity index (χ3n) is 1.96. The van der Waals surface area contributed by atoms with Crippen LogP contribution in [0.25, 0.3) is 0 Å². The molecule has 0 saturated carbocycles. The minimum Gasteiger partial charge on any atom is -0.439 e. The van der Waals surface area contributed by atoms with Crippen LogP contribution in [-0.4, -0.2) is 9.97 Å². The molecule has 8 heteroatoms. The quantitative estimate of drug-likeness (QED) is 0.618. The van der Waals surface area contributed by atoms with Crippen LogP contribution in [0.1, 0.15) is 5.82 Å². The van der Waals surface area contributed by atoms with Crippen LogP contribution in [0, 0.1) is 5.82 Å². The van der Waals surface area contributed by atoms with Gasteiger partial charge in [0.1, 0.15) is 16.7 Å². The molecule has 1 aromatic heterocycles. The zero-order valence-electron chi connectivity index (χ0n) is 9.08. The van der Waals surface area contributed by atoms with Crippen LogP contribution >= 0.6 is 11.6 Å². The second kappa shape index (κ2) is 5.00. The van der Waals surface area contributed by atoms with Gasteiger partial charge in [-0.2, -0.15) is 18.2 Å². The van der Waals surface area contributed by atoms with Crippen molar-refractivity contribution in [1.82, 2.24) is 9.97 Å². The molecule has 3 nitrogen and oxygen atoms in total. The maximum absolute atomic E-state index is 12.7. The molecule has 0 fully saturated rings. The van der Waals surface area contributed by atoms with Crippen LogP contribution in [0.15, 0.2) is 30.3 Å². The molecular weight excluding hydrogens is 288 g/mol. The second-order valence-corrected chi connectivity index (χ2v) is 3.79. The Labute approximate surface area is 109 Å². The zero-order valence-corrected chi connectivity index (χ0v) is 9.84. The molecule has 1 aromatic carbocycles. The fourth-order valence-corrected chi connectivity index (χ4v) is 1.37. The summed E-state index contributed by atoms with van der Waals surface area (Å²) in [6.45, 7) is 0. The molecular formula is C11H5ClF4N2O. The standard InChI is InChI=1S/C11H5ClF4N2O/c12-8-5-9(18-10(17-8)11(14,15)16)19-7-3-1-6(13)2-4-7/h1-5H. The molecule has 2 aromatic rings. The largest absolute Gasteiger partial charge is 0.451 e. The molecule has 0 atom stereocenters. The number of halogens is 5. The van der Waals surface area contributed by atoms with E-state index in [9.17, 15) is 17.6 Å². The average Bonchev–Trinajstić information content (AvgIpc) is 2.30. The van der Waals surface area contributed by atoms with E-state index in [0.717, 1.165) is 18.2 Å². The fraction of sp³-hybridized carbons (Fsp3) is 0.0909. The van der Waals surface area contributed by atoms with Gasteiger partial charge in [-0.15, -0.1) is 0 Å². The van der Waals surface area contributed by atoms with Crippen LogP contribution in [0.5, 0.6) is 11.6 Å². The predicted octanol–water partition coefficient (Wildman–Crippen LogP) is 4.08. The number of aromatic nitrogens is 2. The molecule has 1 heterocycles. The Bertz CT molecular complexity index is 586. The van der Waals surface area contributed by atoms with Gasteiger partial charge in [0.15, 0.2) is 0 Å². The SMILES string of the molecule is Fc1ccc(Oc2cc(Cl)nc(C(F)(F)F)n2)cc1. The summed E-state index contributed by atoms with van der Waals surface area (Å²) >= 11 is 5.46. The van der Waals surface area contributed by atoms with E-state index < -0.39 is 23.0 Å². The first kappa shape index (κ1) is 13.5.